The number of phenols is 1. The average Bonchev–Trinajstić information content (AvgIpc) is 2.93. The van der Waals surface area contributed by atoms with Gasteiger partial charge in [0.2, 0.25) is 5.91 Å². The maximum atomic E-state index is 11.9. The summed E-state index contributed by atoms with van der Waals surface area (Å²) >= 11 is 0. The van der Waals surface area contributed by atoms with Gasteiger partial charge in [0.15, 0.2) is 0 Å². The molecule has 1 aromatic heterocycles. The topological polar surface area (TPSA) is 128 Å². The van der Waals surface area contributed by atoms with Gasteiger partial charge in [-0.05, 0) is 43.1 Å². The number of phenolic OH excluding ortho intramolecular Hbond substituents is 1. The van der Waals surface area contributed by atoms with Gasteiger partial charge >= 0.3 is 5.97 Å². The number of rotatable bonds is 9. The van der Waals surface area contributed by atoms with E-state index in [2.05, 4.69) is 10.3 Å². The molecule has 2 rings (SSSR count). The van der Waals surface area contributed by atoms with E-state index in [1.807, 2.05) is 0 Å². The standard InChI is InChI=1S/C17H23N3O4/c18-7-3-1-2-4-16(22)20-15(17(23)24)8-11-10-19-14-6-5-12(21)9-13(11)14/h5-6,9-10,15,19,21H,1-4,7-8,18H2,(H,20,22)(H,23,24). The molecular formula is C17H23N3O4. The third-order valence-electron chi connectivity index (χ3n) is 3.92. The number of carbonyl (C=O) groups excluding carboxylic acids is 1. The highest BCUT2D eigenvalue weighted by molar-refractivity contribution is 5.87. The van der Waals surface area contributed by atoms with Gasteiger partial charge < -0.3 is 26.2 Å². The SMILES string of the molecule is NCCCCCC(=O)NC(Cc1c[nH]c2ccc(O)cc12)C(=O)O. The minimum atomic E-state index is -1.08. The molecule has 130 valence electrons. The smallest absolute Gasteiger partial charge is 0.326 e. The molecule has 0 aliphatic heterocycles. The van der Waals surface area contributed by atoms with Gasteiger partial charge in [0.05, 0.1) is 0 Å². The summed E-state index contributed by atoms with van der Waals surface area (Å²) in [7, 11) is 0. The number of aromatic hydroxyl groups is 1. The quantitative estimate of drug-likeness (QED) is 0.444. The minimum Gasteiger partial charge on any atom is -0.508 e. The molecule has 1 amide bonds. The van der Waals surface area contributed by atoms with Crippen molar-refractivity contribution in [1.29, 1.82) is 0 Å². The molecule has 0 spiro atoms. The monoisotopic (exact) mass is 333 g/mol. The molecule has 0 bridgehead atoms. The average molecular weight is 333 g/mol. The first-order valence-electron chi connectivity index (χ1n) is 8.02. The minimum absolute atomic E-state index is 0.110. The van der Waals surface area contributed by atoms with E-state index in [4.69, 9.17) is 5.73 Å². The van der Waals surface area contributed by atoms with E-state index in [9.17, 15) is 19.8 Å². The van der Waals surface area contributed by atoms with Gasteiger partial charge in [-0.15, -0.1) is 0 Å². The summed E-state index contributed by atoms with van der Waals surface area (Å²) in [6.45, 7) is 0.590. The van der Waals surface area contributed by atoms with Crippen molar-refractivity contribution in [2.24, 2.45) is 5.73 Å². The fourth-order valence-corrected chi connectivity index (χ4v) is 2.63. The lowest BCUT2D eigenvalue weighted by molar-refractivity contribution is -0.141. The summed E-state index contributed by atoms with van der Waals surface area (Å²) in [6, 6.07) is 3.85. The van der Waals surface area contributed by atoms with Crippen molar-refractivity contribution in [3.05, 3.63) is 30.0 Å². The number of benzene rings is 1. The first-order valence-corrected chi connectivity index (χ1v) is 8.02. The van der Waals surface area contributed by atoms with Crippen LogP contribution in [0.25, 0.3) is 10.9 Å². The van der Waals surface area contributed by atoms with Crippen LogP contribution in [0.4, 0.5) is 0 Å². The van der Waals surface area contributed by atoms with Crippen LogP contribution in [-0.4, -0.2) is 39.7 Å². The van der Waals surface area contributed by atoms with Crippen LogP contribution in [-0.2, 0) is 16.0 Å². The lowest BCUT2D eigenvalue weighted by atomic mass is 10.0. The van der Waals surface area contributed by atoms with E-state index < -0.39 is 12.0 Å². The molecule has 1 aromatic carbocycles. The van der Waals surface area contributed by atoms with E-state index in [1.54, 1.807) is 24.4 Å². The van der Waals surface area contributed by atoms with Gasteiger partial charge in [0.25, 0.3) is 0 Å². The van der Waals surface area contributed by atoms with Gasteiger partial charge in [-0.25, -0.2) is 4.79 Å². The fraction of sp³-hybridized carbons (Fsp3) is 0.412. The summed E-state index contributed by atoms with van der Waals surface area (Å²) < 4.78 is 0. The van der Waals surface area contributed by atoms with Crippen molar-refractivity contribution in [1.82, 2.24) is 10.3 Å². The van der Waals surface area contributed by atoms with Crippen LogP contribution in [0.15, 0.2) is 24.4 Å². The van der Waals surface area contributed by atoms with Gasteiger partial charge in [-0.3, -0.25) is 4.79 Å². The predicted molar refractivity (Wildman–Crippen MR) is 90.8 cm³/mol. The summed E-state index contributed by atoms with van der Waals surface area (Å²) in [5, 5.41) is 22.3. The molecule has 7 nitrogen and oxygen atoms in total. The third kappa shape index (κ3) is 4.73. The molecule has 1 atom stereocenters. The summed E-state index contributed by atoms with van der Waals surface area (Å²) in [6.07, 6.45) is 4.54. The van der Waals surface area contributed by atoms with E-state index in [0.29, 0.717) is 19.4 Å². The van der Waals surface area contributed by atoms with Crippen molar-refractivity contribution in [3.8, 4) is 5.75 Å². The highest BCUT2D eigenvalue weighted by Gasteiger charge is 2.21. The maximum Gasteiger partial charge on any atom is 0.326 e. The second-order valence-corrected chi connectivity index (χ2v) is 5.81. The van der Waals surface area contributed by atoms with Crippen LogP contribution in [0.2, 0.25) is 0 Å². The Morgan fingerprint density at radius 3 is 2.75 bits per heavy atom. The Hall–Kier alpha value is -2.54. The third-order valence-corrected chi connectivity index (χ3v) is 3.92. The van der Waals surface area contributed by atoms with Gasteiger partial charge in [0.1, 0.15) is 11.8 Å². The number of carbonyl (C=O) groups is 2. The number of unbranched alkanes of at least 4 members (excludes halogenated alkanes) is 2. The molecule has 7 heteroatoms. The lowest BCUT2D eigenvalue weighted by Crippen LogP contribution is -2.42. The second-order valence-electron chi connectivity index (χ2n) is 5.81. The Kier molecular flexibility index (Phi) is 6.20. The first-order chi connectivity index (χ1) is 11.5. The van der Waals surface area contributed by atoms with Crippen LogP contribution in [0, 0.1) is 0 Å². The number of nitrogens with two attached hydrogens (primary N) is 1. The van der Waals surface area contributed by atoms with Crippen molar-refractivity contribution in [2.45, 2.75) is 38.1 Å². The van der Waals surface area contributed by atoms with E-state index in [1.165, 1.54) is 0 Å². The normalized spacial score (nSPS) is 12.2. The van der Waals surface area contributed by atoms with Crippen LogP contribution in [0.5, 0.6) is 5.75 Å². The fourth-order valence-electron chi connectivity index (χ4n) is 2.63. The Morgan fingerprint density at radius 1 is 1.25 bits per heavy atom. The highest BCUT2D eigenvalue weighted by Crippen LogP contribution is 2.24. The molecule has 0 aliphatic carbocycles. The zero-order chi connectivity index (χ0) is 17.5. The van der Waals surface area contributed by atoms with E-state index in [0.717, 1.165) is 29.3 Å². The summed E-state index contributed by atoms with van der Waals surface area (Å²) in [4.78, 5) is 26.4. The molecule has 24 heavy (non-hydrogen) atoms. The lowest BCUT2D eigenvalue weighted by Gasteiger charge is -2.14. The Bertz CT molecular complexity index is 711. The molecule has 0 fully saturated rings. The number of aromatic nitrogens is 1. The van der Waals surface area contributed by atoms with Gasteiger partial charge in [-0.1, -0.05) is 6.42 Å². The summed E-state index contributed by atoms with van der Waals surface area (Å²) in [5.74, 6) is -1.25. The number of aliphatic carboxylic acids is 1. The van der Waals surface area contributed by atoms with Crippen LogP contribution >= 0.6 is 0 Å². The van der Waals surface area contributed by atoms with Crippen molar-refractivity contribution in [2.75, 3.05) is 6.54 Å². The Labute approximate surface area is 139 Å². The zero-order valence-electron chi connectivity index (χ0n) is 13.4. The number of carboxylic acids is 1. The van der Waals surface area contributed by atoms with Crippen molar-refractivity contribution >= 4 is 22.8 Å². The molecule has 6 N–H and O–H groups in total. The molecule has 0 radical (unpaired) electrons. The number of amides is 1. The molecule has 1 unspecified atom stereocenters. The number of hydrogen-bond donors (Lipinski definition) is 5. The summed E-state index contributed by atoms with van der Waals surface area (Å²) in [5.41, 5.74) is 6.94. The van der Waals surface area contributed by atoms with Crippen molar-refractivity contribution < 1.29 is 19.8 Å². The molecule has 0 saturated heterocycles. The Balaban J connectivity index is 2.01. The van der Waals surface area contributed by atoms with Crippen LogP contribution in [0.3, 0.4) is 0 Å². The number of hydrogen-bond acceptors (Lipinski definition) is 4. The Morgan fingerprint density at radius 2 is 2.04 bits per heavy atom. The molecule has 2 aromatic rings. The molecule has 0 aliphatic rings. The highest BCUT2D eigenvalue weighted by atomic mass is 16.4. The zero-order valence-corrected chi connectivity index (χ0v) is 13.4. The number of nitrogens with one attached hydrogen (secondary N) is 2. The molecule has 1 heterocycles. The predicted octanol–water partition coefficient (Wildman–Crippen LogP) is 1.50. The maximum absolute atomic E-state index is 11.9. The van der Waals surface area contributed by atoms with Gasteiger partial charge in [-0.2, -0.15) is 0 Å². The molecule has 0 saturated carbocycles. The number of aromatic amines is 1. The van der Waals surface area contributed by atoms with Crippen LogP contribution < -0.4 is 11.1 Å². The van der Waals surface area contributed by atoms with Crippen molar-refractivity contribution in [3.63, 3.8) is 0 Å². The van der Waals surface area contributed by atoms with E-state index in [-0.39, 0.29) is 18.1 Å². The van der Waals surface area contributed by atoms with E-state index >= 15 is 0 Å². The number of carboxylic acid groups (broad SMARTS) is 1. The van der Waals surface area contributed by atoms with Gasteiger partial charge in [0, 0.05) is 29.9 Å². The molecular weight excluding hydrogens is 310 g/mol. The largest absolute Gasteiger partial charge is 0.508 e. The first kappa shape index (κ1) is 17.8. The number of H-pyrrole nitrogens is 1. The second kappa shape index (κ2) is 8.35. The number of fused-ring (bicyclic) bond motifs is 1. The van der Waals surface area contributed by atoms with Crippen LogP contribution in [0.1, 0.15) is 31.2 Å².